The lowest BCUT2D eigenvalue weighted by Gasteiger charge is -2.08. The van der Waals surface area contributed by atoms with E-state index in [1.165, 1.54) is 0 Å². The van der Waals surface area contributed by atoms with E-state index in [-0.39, 0.29) is 6.04 Å². The zero-order chi connectivity index (χ0) is 12.4. The van der Waals surface area contributed by atoms with Gasteiger partial charge in [0, 0.05) is 27.7 Å². The molecule has 1 atom stereocenters. The van der Waals surface area contributed by atoms with Crippen molar-refractivity contribution in [1.29, 1.82) is 0 Å². The average molecular weight is 291 g/mol. The number of nitrogens with zero attached hydrogens (tertiary/aromatic N) is 1. The van der Waals surface area contributed by atoms with Gasteiger partial charge in [-0.3, -0.25) is 4.98 Å². The third-order valence-corrected chi connectivity index (χ3v) is 3.54. The van der Waals surface area contributed by atoms with Crippen LogP contribution in [0.4, 0.5) is 0 Å². The zero-order valence-corrected chi connectivity index (χ0v) is 11.5. The summed E-state index contributed by atoms with van der Waals surface area (Å²) in [6.45, 7) is 4.03. The van der Waals surface area contributed by atoms with E-state index in [4.69, 9.17) is 5.73 Å². The molecular weight excluding hydrogens is 276 g/mol. The Balaban J connectivity index is 2.64. The Morgan fingerprint density at radius 1 is 1.41 bits per heavy atom. The van der Waals surface area contributed by atoms with E-state index in [0.29, 0.717) is 0 Å². The Hall–Kier alpha value is -1.19. The predicted octanol–water partition coefficient (Wildman–Crippen LogP) is 3.75. The van der Waals surface area contributed by atoms with Crippen LogP contribution in [0.25, 0.3) is 17.0 Å². The van der Waals surface area contributed by atoms with Gasteiger partial charge in [0.2, 0.25) is 0 Å². The number of aromatic nitrogens is 1. The van der Waals surface area contributed by atoms with Gasteiger partial charge in [0.05, 0.1) is 5.52 Å². The minimum Gasteiger partial charge on any atom is -0.324 e. The molecule has 1 aromatic carbocycles. The van der Waals surface area contributed by atoms with Crippen LogP contribution in [0.1, 0.15) is 19.4 Å². The van der Waals surface area contributed by atoms with Gasteiger partial charge < -0.3 is 5.73 Å². The van der Waals surface area contributed by atoms with Crippen LogP contribution in [0, 0.1) is 0 Å². The first-order valence-corrected chi connectivity index (χ1v) is 6.36. The lowest BCUT2D eigenvalue weighted by atomic mass is 10.0. The molecule has 3 heteroatoms. The normalized spacial score (nSPS) is 14.0. The Kier molecular flexibility index (Phi) is 3.60. The van der Waals surface area contributed by atoms with Gasteiger partial charge in [-0.15, -0.1) is 0 Å². The molecule has 2 rings (SSSR count). The first kappa shape index (κ1) is 12.3. The van der Waals surface area contributed by atoms with Gasteiger partial charge in [-0.05, 0) is 26.0 Å². The molecule has 2 N–H and O–H groups in total. The van der Waals surface area contributed by atoms with Crippen LogP contribution in [0.2, 0.25) is 0 Å². The van der Waals surface area contributed by atoms with Crippen LogP contribution < -0.4 is 5.73 Å². The molecule has 0 saturated carbocycles. The van der Waals surface area contributed by atoms with E-state index >= 15 is 0 Å². The third kappa shape index (κ3) is 2.56. The topological polar surface area (TPSA) is 38.9 Å². The highest BCUT2D eigenvalue weighted by molar-refractivity contribution is 9.10. The molecule has 0 aliphatic rings. The van der Waals surface area contributed by atoms with Gasteiger partial charge in [0.1, 0.15) is 0 Å². The minimum atomic E-state index is 0.0670. The Morgan fingerprint density at radius 3 is 2.88 bits per heavy atom. The molecule has 2 nitrogen and oxygen atoms in total. The number of benzene rings is 1. The van der Waals surface area contributed by atoms with Crippen molar-refractivity contribution in [2.75, 3.05) is 0 Å². The summed E-state index contributed by atoms with van der Waals surface area (Å²) in [7, 11) is 0. The van der Waals surface area contributed by atoms with Crippen molar-refractivity contribution in [2.45, 2.75) is 19.9 Å². The second-order valence-corrected chi connectivity index (χ2v) is 5.07. The summed E-state index contributed by atoms with van der Waals surface area (Å²) in [6, 6.07) is 8.18. The predicted molar refractivity (Wildman–Crippen MR) is 76.7 cm³/mol. The summed E-state index contributed by atoms with van der Waals surface area (Å²) in [4.78, 5) is 4.44. The number of hydrogen-bond donors (Lipinski definition) is 1. The highest BCUT2D eigenvalue weighted by Gasteiger charge is 2.04. The maximum absolute atomic E-state index is 5.86. The van der Waals surface area contributed by atoms with Crippen LogP contribution in [0.5, 0.6) is 0 Å². The monoisotopic (exact) mass is 290 g/mol. The molecule has 0 aliphatic carbocycles. The molecule has 0 fully saturated rings. The zero-order valence-electron chi connectivity index (χ0n) is 9.94. The molecule has 1 heterocycles. The van der Waals surface area contributed by atoms with E-state index in [9.17, 15) is 0 Å². The van der Waals surface area contributed by atoms with Crippen molar-refractivity contribution in [3.63, 3.8) is 0 Å². The van der Waals surface area contributed by atoms with E-state index in [1.54, 1.807) is 0 Å². The molecule has 0 aliphatic heterocycles. The Morgan fingerprint density at radius 2 is 2.18 bits per heavy atom. The summed E-state index contributed by atoms with van der Waals surface area (Å²) in [5, 5.41) is 1.12. The van der Waals surface area contributed by atoms with Gasteiger partial charge in [0.25, 0.3) is 0 Å². The van der Waals surface area contributed by atoms with Gasteiger partial charge in [-0.25, -0.2) is 0 Å². The molecule has 2 aromatic rings. The average Bonchev–Trinajstić information content (AvgIpc) is 2.33. The maximum atomic E-state index is 5.86. The molecule has 0 spiro atoms. The van der Waals surface area contributed by atoms with Crippen molar-refractivity contribution in [2.24, 2.45) is 5.73 Å². The summed E-state index contributed by atoms with van der Waals surface area (Å²) in [6.07, 6.45) is 3.92. The molecule has 1 aromatic heterocycles. The van der Waals surface area contributed by atoms with Crippen molar-refractivity contribution in [3.05, 3.63) is 46.1 Å². The quantitative estimate of drug-likeness (QED) is 0.915. The Labute approximate surface area is 110 Å². The summed E-state index contributed by atoms with van der Waals surface area (Å²) in [5.74, 6) is 0. The summed E-state index contributed by atoms with van der Waals surface area (Å²) in [5.41, 5.74) is 9.12. The SMILES string of the molecule is C/C(=C\c1ccc(Br)c2cccnc12)C(C)N. The van der Waals surface area contributed by atoms with Crippen LogP contribution in [-0.2, 0) is 0 Å². The fraction of sp³-hybridized carbons (Fsp3) is 0.214. The van der Waals surface area contributed by atoms with Crippen LogP contribution >= 0.6 is 15.9 Å². The Bertz CT molecular complexity index is 573. The first-order valence-electron chi connectivity index (χ1n) is 5.56. The largest absolute Gasteiger partial charge is 0.324 e. The number of pyridine rings is 1. The van der Waals surface area contributed by atoms with Gasteiger partial charge >= 0.3 is 0 Å². The number of hydrogen-bond acceptors (Lipinski definition) is 2. The van der Waals surface area contributed by atoms with Gasteiger partial charge in [-0.2, -0.15) is 0 Å². The number of fused-ring (bicyclic) bond motifs is 1. The number of halogens is 1. The van der Waals surface area contributed by atoms with Crippen molar-refractivity contribution < 1.29 is 0 Å². The standard InChI is InChI=1S/C14H15BrN2/c1-9(10(2)16)8-11-5-6-13(15)12-4-3-7-17-14(11)12/h3-8,10H,16H2,1-2H3/b9-8+. The third-order valence-electron chi connectivity index (χ3n) is 2.85. The molecule has 0 saturated heterocycles. The molecule has 1 unspecified atom stereocenters. The van der Waals surface area contributed by atoms with E-state index < -0.39 is 0 Å². The van der Waals surface area contributed by atoms with Crippen molar-refractivity contribution >= 4 is 32.9 Å². The summed E-state index contributed by atoms with van der Waals surface area (Å²) >= 11 is 3.54. The smallest absolute Gasteiger partial charge is 0.0785 e. The lowest BCUT2D eigenvalue weighted by molar-refractivity contribution is 0.868. The van der Waals surface area contributed by atoms with Crippen LogP contribution in [-0.4, -0.2) is 11.0 Å². The first-order chi connectivity index (χ1) is 8.09. The molecule has 0 bridgehead atoms. The fourth-order valence-electron chi connectivity index (χ4n) is 1.65. The molecule has 88 valence electrons. The second-order valence-electron chi connectivity index (χ2n) is 4.21. The van der Waals surface area contributed by atoms with E-state index in [2.05, 4.69) is 39.1 Å². The highest BCUT2D eigenvalue weighted by Crippen LogP contribution is 2.26. The van der Waals surface area contributed by atoms with E-state index in [1.807, 2.05) is 32.2 Å². The molecular formula is C14H15BrN2. The highest BCUT2D eigenvalue weighted by atomic mass is 79.9. The number of nitrogens with two attached hydrogens (primary N) is 1. The van der Waals surface area contributed by atoms with Crippen LogP contribution in [0.15, 0.2) is 40.5 Å². The van der Waals surface area contributed by atoms with E-state index in [0.717, 1.165) is 26.5 Å². The molecule has 0 radical (unpaired) electrons. The maximum Gasteiger partial charge on any atom is 0.0785 e. The molecule has 0 amide bonds. The molecule has 17 heavy (non-hydrogen) atoms. The van der Waals surface area contributed by atoms with Crippen molar-refractivity contribution in [1.82, 2.24) is 4.98 Å². The second kappa shape index (κ2) is 4.98. The minimum absolute atomic E-state index is 0.0670. The lowest BCUT2D eigenvalue weighted by Crippen LogP contribution is -2.15. The van der Waals surface area contributed by atoms with Crippen LogP contribution in [0.3, 0.4) is 0 Å². The van der Waals surface area contributed by atoms with Crippen molar-refractivity contribution in [3.8, 4) is 0 Å². The number of rotatable bonds is 2. The van der Waals surface area contributed by atoms with Gasteiger partial charge in [0.15, 0.2) is 0 Å². The van der Waals surface area contributed by atoms with Gasteiger partial charge in [-0.1, -0.05) is 39.7 Å². The fourth-order valence-corrected chi connectivity index (χ4v) is 2.11. The summed E-state index contributed by atoms with van der Waals surface area (Å²) < 4.78 is 1.07.